The van der Waals surface area contributed by atoms with Gasteiger partial charge in [-0.05, 0) is 13.8 Å². The Morgan fingerprint density at radius 3 is 2.14 bits per heavy atom. The van der Waals surface area contributed by atoms with E-state index < -0.39 is 0 Å². The van der Waals surface area contributed by atoms with E-state index in [0.29, 0.717) is 0 Å². The van der Waals surface area contributed by atoms with Gasteiger partial charge >= 0.3 is 0 Å². The van der Waals surface area contributed by atoms with Gasteiger partial charge in [0.25, 0.3) is 0 Å². The second kappa shape index (κ2) is 2.32. The van der Waals surface area contributed by atoms with Gasteiger partial charge in [0.1, 0.15) is 0 Å². The van der Waals surface area contributed by atoms with Crippen molar-refractivity contribution in [1.82, 2.24) is 0 Å². The molecule has 0 aliphatic carbocycles. The number of rotatable bonds is 1. The Balaban J connectivity index is 3.66. The molecule has 0 spiro atoms. The summed E-state index contributed by atoms with van der Waals surface area (Å²) in [6, 6.07) is 2.14. The van der Waals surface area contributed by atoms with Crippen LogP contribution in [0.4, 0.5) is 0 Å². The van der Waals surface area contributed by atoms with Crippen molar-refractivity contribution in [3.8, 4) is 6.07 Å². The zero-order chi connectivity index (χ0) is 5.91. The van der Waals surface area contributed by atoms with Crippen LogP contribution in [0.25, 0.3) is 0 Å². The van der Waals surface area contributed by atoms with E-state index in [2.05, 4.69) is 22.0 Å². The third-order valence-electron chi connectivity index (χ3n) is 0.637. The third-order valence-corrected chi connectivity index (χ3v) is 2.04. The van der Waals surface area contributed by atoms with E-state index in [0.717, 1.165) is 5.33 Å². The van der Waals surface area contributed by atoms with Crippen molar-refractivity contribution in [2.24, 2.45) is 5.41 Å². The van der Waals surface area contributed by atoms with Crippen LogP contribution in [0.1, 0.15) is 13.8 Å². The second-order valence-electron chi connectivity index (χ2n) is 2.13. The average Bonchev–Trinajstić information content (AvgIpc) is 1.68. The lowest BCUT2D eigenvalue weighted by Gasteiger charge is -2.07. The van der Waals surface area contributed by atoms with E-state index in [1.54, 1.807) is 0 Å². The van der Waals surface area contributed by atoms with Crippen molar-refractivity contribution in [2.75, 3.05) is 5.33 Å². The molecule has 0 unspecified atom stereocenters. The first-order valence-electron chi connectivity index (χ1n) is 2.09. The van der Waals surface area contributed by atoms with Crippen molar-refractivity contribution in [3.05, 3.63) is 0 Å². The van der Waals surface area contributed by atoms with Gasteiger partial charge in [0, 0.05) is 5.33 Å². The first kappa shape index (κ1) is 6.97. The Bertz CT molecular complexity index is 90.7. The van der Waals surface area contributed by atoms with Crippen molar-refractivity contribution >= 4 is 15.9 Å². The molecule has 0 radical (unpaired) electrons. The molecule has 0 bridgehead atoms. The number of nitriles is 1. The topological polar surface area (TPSA) is 23.8 Å². The van der Waals surface area contributed by atoms with Gasteiger partial charge in [-0.15, -0.1) is 0 Å². The standard InChI is InChI=1S/C5H8BrN/c1-5(2,3-6)4-7/h3H2,1-2H3. The van der Waals surface area contributed by atoms with Crippen LogP contribution in [0.15, 0.2) is 0 Å². The molecule has 0 aliphatic rings. The summed E-state index contributed by atoms with van der Waals surface area (Å²) in [5.41, 5.74) is -0.194. The number of nitrogens with zero attached hydrogens (tertiary/aromatic N) is 1. The summed E-state index contributed by atoms with van der Waals surface area (Å²) in [6.45, 7) is 3.78. The van der Waals surface area contributed by atoms with Crippen molar-refractivity contribution in [1.29, 1.82) is 5.26 Å². The minimum absolute atomic E-state index is 0.194. The van der Waals surface area contributed by atoms with Gasteiger partial charge in [-0.3, -0.25) is 0 Å². The molecule has 0 rings (SSSR count). The Kier molecular flexibility index (Phi) is 2.31. The molecule has 0 N–H and O–H groups in total. The van der Waals surface area contributed by atoms with E-state index in [1.807, 2.05) is 13.8 Å². The molecular weight excluding hydrogens is 154 g/mol. The lowest BCUT2D eigenvalue weighted by Crippen LogP contribution is -2.07. The highest BCUT2D eigenvalue weighted by Gasteiger charge is 2.12. The molecule has 0 aliphatic heterocycles. The van der Waals surface area contributed by atoms with Gasteiger partial charge in [-0.2, -0.15) is 5.26 Å². The third kappa shape index (κ3) is 2.64. The maximum Gasteiger partial charge on any atom is 0.0692 e. The number of hydrogen-bond donors (Lipinski definition) is 0. The molecule has 0 atom stereocenters. The van der Waals surface area contributed by atoms with Gasteiger partial charge in [-0.1, -0.05) is 15.9 Å². The van der Waals surface area contributed by atoms with E-state index in [4.69, 9.17) is 5.26 Å². The fourth-order valence-corrected chi connectivity index (χ4v) is 0.155. The molecule has 0 fully saturated rings. The fraction of sp³-hybridized carbons (Fsp3) is 0.800. The van der Waals surface area contributed by atoms with Crippen molar-refractivity contribution in [3.63, 3.8) is 0 Å². The van der Waals surface area contributed by atoms with E-state index in [-0.39, 0.29) is 5.41 Å². The molecule has 0 aromatic heterocycles. The first-order valence-corrected chi connectivity index (χ1v) is 3.22. The van der Waals surface area contributed by atoms with E-state index in [1.165, 1.54) is 0 Å². The fourth-order valence-electron chi connectivity index (χ4n) is 0.0299. The molecule has 2 heteroatoms. The quantitative estimate of drug-likeness (QED) is 0.540. The Morgan fingerprint density at radius 2 is 2.14 bits per heavy atom. The highest BCUT2D eigenvalue weighted by atomic mass is 79.9. The van der Waals surface area contributed by atoms with Crippen LogP contribution < -0.4 is 0 Å². The van der Waals surface area contributed by atoms with Crippen LogP contribution in [0, 0.1) is 16.7 Å². The molecule has 7 heavy (non-hydrogen) atoms. The predicted octanol–water partition coefficient (Wildman–Crippen LogP) is 1.93. The van der Waals surface area contributed by atoms with Crippen LogP contribution in [-0.2, 0) is 0 Å². The van der Waals surface area contributed by atoms with Gasteiger partial charge in [0.05, 0.1) is 11.5 Å². The predicted molar refractivity (Wildman–Crippen MR) is 33.2 cm³/mol. The van der Waals surface area contributed by atoms with Crippen LogP contribution in [-0.4, -0.2) is 5.33 Å². The largest absolute Gasteiger partial charge is 0.198 e. The molecule has 0 heterocycles. The van der Waals surface area contributed by atoms with E-state index in [9.17, 15) is 0 Å². The van der Waals surface area contributed by atoms with Gasteiger partial charge < -0.3 is 0 Å². The second-order valence-corrected chi connectivity index (χ2v) is 2.69. The lowest BCUT2D eigenvalue weighted by atomic mass is 10.00. The van der Waals surface area contributed by atoms with Gasteiger partial charge in [-0.25, -0.2) is 0 Å². The van der Waals surface area contributed by atoms with E-state index >= 15 is 0 Å². The molecule has 0 saturated heterocycles. The summed E-state index contributed by atoms with van der Waals surface area (Å²) in [6.07, 6.45) is 0. The maximum atomic E-state index is 8.31. The molecule has 0 amide bonds. The van der Waals surface area contributed by atoms with Crippen LogP contribution in [0.2, 0.25) is 0 Å². The van der Waals surface area contributed by atoms with Crippen LogP contribution in [0.5, 0.6) is 0 Å². The average molecular weight is 162 g/mol. The maximum absolute atomic E-state index is 8.31. The lowest BCUT2D eigenvalue weighted by molar-refractivity contribution is 0.578. The first-order chi connectivity index (χ1) is 3.12. The minimum Gasteiger partial charge on any atom is -0.198 e. The monoisotopic (exact) mass is 161 g/mol. The number of alkyl halides is 1. The minimum atomic E-state index is -0.194. The summed E-state index contributed by atoms with van der Waals surface area (Å²) in [4.78, 5) is 0. The SMILES string of the molecule is CC(C)(C#N)CBr. The molecular formula is C5H8BrN. The van der Waals surface area contributed by atoms with Crippen LogP contribution >= 0.6 is 15.9 Å². The highest BCUT2D eigenvalue weighted by Crippen LogP contribution is 2.14. The summed E-state index contributed by atoms with van der Waals surface area (Å²) in [7, 11) is 0. The van der Waals surface area contributed by atoms with Gasteiger partial charge in [0.15, 0.2) is 0 Å². The normalized spacial score (nSPS) is 10.6. The number of halogens is 1. The summed E-state index contributed by atoms with van der Waals surface area (Å²) in [5, 5.41) is 9.06. The molecule has 0 aromatic rings. The zero-order valence-electron chi connectivity index (χ0n) is 4.53. The van der Waals surface area contributed by atoms with Crippen molar-refractivity contribution < 1.29 is 0 Å². The smallest absolute Gasteiger partial charge is 0.0692 e. The summed E-state index contributed by atoms with van der Waals surface area (Å²) >= 11 is 3.21. The molecule has 0 saturated carbocycles. The number of hydrogen-bond acceptors (Lipinski definition) is 1. The van der Waals surface area contributed by atoms with Crippen LogP contribution in [0.3, 0.4) is 0 Å². The Morgan fingerprint density at radius 1 is 1.71 bits per heavy atom. The molecule has 0 aromatic carbocycles. The van der Waals surface area contributed by atoms with Crippen molar-refractivity contribution in [2.45, 2.75) is 13.8 Å². The molecule has 40 valence electrons. The summed E-state index contributed by atoms with van der Waals surface area (Å²) < 4.78 is 0. The summed E-state index contributed by atoms with van der Waals surface area (Å²) in [5.74, 6) is 0. The highest BCUT2D eigenvalue weighted by molar-refractivity contribution is 9.09. The van der Waals surface area contributed by atoms with Gasteiger partial charge in [0.2, 0.25) is 0 Å². The Labute approximate surface area is 52.5 Å². The molecule has 1 nitrogen and oxygen atoms in total. The Hall–Kier alpha value is -0.0300. The zero-order valence-corrected chi connectivity index (χ0v) is 6.12.